The molecule has 2 atom stereocenters. The van der Waals surface area contributed by atoms with Crippen LogP contribution in [0.2, 0.25) is 0 Å². The Morgan fingerprint density at radius 3 is 2.93 bits per heavy atom. The van der Waals surface area contributed by atoms with Crippen molar-refractivity contribution in [1.82, 2.24) is 15.3 Å². The van der Waals surface area contributed by atoms with Gasteiger partial charge in [0.2, 0.25) is 0 Å². The molecule has 2 aromatic heterocycles. The van der Waals surface area contributed by atoms with Gasteiger partial charge in [0.15, 0.2) is 0 Å². The Hall–Kier alpha value is -2.70. The van der Waals surface area contributed by atoms with Gasteiger partial charge in [0, 0.05) is 25.5 Å². The summed E-state index contributed by atoms with van der Waals surface area (Å²) in [4.78, 5) is 11.2. The van der Waals surface area contributed by atoms with Crippen LogP contribution in [-0.4, -0.2) is 40.5 Å². The van der Waals surface area contributed by atoms with Gasteiger partial charge in [0.1, 0.15) is 6.23 Å². The van der Waals surface area contributed by atoms with E-state index in [1.54, 1.807) is 6.20 Å². The maximum atomic E-state index is 9.84. The molecule has 140 valence electrons. The third-order valence-electron chi connectivity index (χ3n) is 4.86. The highest BCUT2D eigenvalue weighted by molar-refractivity contribution is 5.61. The Morgan fingerprint density at radius 2 is 2.19 bits per heavy atom. The number of rotatable bonds is 5. The molecule has 0 aromatic carbocycles. The number of ether oxygens (including phenoxy) is 1. The molecule has 0 spiro atoms. The number of hydrogen-bond acceptors (Lipinski definition) is 6. The van der Waals surface area contributed by atoms with Crippen molar-refractivity contribution in [2.75, 3.05) is 18.0 Å². The minimum Gasteiger partial charge on any atom is -0.390 e. The average Bonchev–Trinajstić information content (AvgIpc) is 3.18. The van der Waals surface area contributed by atoms with Gasteiger partial charge in [-0.3, -0.25) is 4.98 Å². The number of aliphatic hydroxyl groups excluding tert-OH is 1. The third kappa shape index (κ3) is 4.02. The van der Waals surface area contributed by atoms with E-state index in [9.17, 15) is 5.11 Å². The molecule has 2 aliphatic rings. The molecule has 1 saturated heterocycles. The Kier molecular flexibility index (Phi) is 5.18. The van der Waals surface area contributed by atoms with Crippen LogP contribution >= 0.6 is 0 Å². The molecule has 2 N–H and O–H groups in total. The second kappa shape index (κ2) is 7.90. The fourth-order valence-electron chi connectivity index (χ4n) is 3.46. The van der Waals surface area contributed by atoms with Gasteiger partial charge in [0.25, 0.3) is 0 Å². The second-order valence-corrected chi connectivity index (χ2v) is 6.86. The van der Waals surface area contributed by atoms with E-state index in [-0.39, 0.29) is 18.9 Å². The van der Waals surface area contributed by atoms with Gasteiger partial charge in [-0.1, -0.05) is 12.1 Å². The first-order valence-electron chi connectivity index (χ1n) is 9.26. The number of aliphatic hydroxyl groups is 1. The van der Waals surface area contributed by atoms with Gasteiger partial charge in [-0.05, 0) is 49.3 Å². The largest absolute Gasteiger partial charge is 0.390 e. The lowest BCUT2D eigenvalue weighted by Crippen LogP contribution is -2.33. The monoisotopic (exact) mass is 364 g/mol. The summed E-state index contributed by atoms with van der Waals surface area (Å²) in [6.07, 6.45) is 8.83. The number of allylic oxidation sites excluding steroid dienone is 2. The highest BCUT2D eigenvalue weighted by Crippen LogP contribution is 2.28. The molecular weight excluding hydrogens is 340 g/mol. The quantitative estimate of drug-likeness (QED) is 0.850. The van der Waals surface area contributed by atoms with Crippen LogP contribution < -0.4 is 10.2 Å². The normalized spacial score (nSPS) is 21.9. The van der Waals surface area contributed by atoms with E-state index in [2.05, 4.69) is 33.2 Å². The van der Waals surface area contributed by atoms with Gasteiger partial charge in [-0.2, -0.15) is 0 Å². The fourth-order valence-corrected chi connectivity index (χ4v) is 3.46. The summed E-state index contributed by atoms with van der Waals surface area (Å²) in [7, 11) is 0. The van der Waals surface area contributed by atoms with Crippen molar-refractivity contribution >= 4 is 5.69 Å². The molecule has 0 amide bonds. The van der Waals surface area contributed by atoms with Crippen LogP contribution in [0.15, 0.2) is 60.5 Å². The van der Waals surface area contributed by atoms with Gasteiger partial charge in [-0.15, -0.1) is 0 Å². The molecule has 1 unspecified atom stereocenters. The minimum atomic E-state index is -0.102. The molecular formula is C21H24N4O2. The van der Waals surface area contributed by atoms with Crippen molar-refractivity contribution in [2.24, 2.45) is 0 Å². The van der Waals surface area contributed by atoms with Gasteiger partial charge >= 0.3 is 0 Å². The number of nitrogens with one attached hydrogen (secondary N) is 1. The predicted octanol–water partition coefficient (Wildman–Crippen LogP) is 2.62. The summed E-state index contributed by atoms with van der Waals surface area (Å²) in [5, 5.41) is 13.1. The molecule has 0 aliphatic carbocycles. The number of nitrogens with zero attached hydrogens (tertiary/aromatic N) is 3. The number of pyridine rings is 2. The van der Waals surface area contributed by atoms with Crippen LogP contribution in [0.5, 0.6) is 0 Å². The average molecular weight is 364 g/mol. The molecule has 0 radical (unpaired) electrons. The van der Waals surface area contributed by atoms with Crippen molar-refractivity contribution < 1.29 is 9.84 Å². The van der Waals surface area contributed by atoms with E-state index < -0.39 is 0 Å². The van der Waals surface area contributed by atoms with Gasteiger partial charge < -0.3 is 20.1 Å². The van der Waals surface area contributed by atoms with Crippen LogP contribution in [0, 0.1) is 0 Å². The highest BCUT2D eigenvalue weighted by Gasteiger charge is 2.27. The first-order chi connectivity index (χ1) is 13.2. The first kappa shape index (κ1) is 17.7. The smallest absolute Gasteiger partial charge is 0.147 e. The van der Waals surface area contributed by atoms with Gasteiger partial charge in [-0.25, -0.2) is 4.98 Å². The molecule has 6 heteroatoms. The van der Waals surface area contributed by atoms with E-state index in [1.807, 2.05) is 42.6 Å². The van der Waals surface area contributed by atoms with Crippen LogP contribution in [-0.2, 0) is 11.3 Å². The minimum absolute atomic E-state index is 0.0828. The third-order valence-corrected chi connectivity index (χ3v) is 4.86. The van der Waals surface area contributed by atoms with Crippen LogP contribution in [0.3, 0.4) is 0 Å². The molecule has 0 saturated carbocycles. The zero-order valence-electron chi connectivity index (χ0n) is 15.4. The van der Waals surface area contributed by atoms with E-state index >= 15 is 0 Å². The number of aromatic nitrogens is 2. The van der Waals surface area contributed by atoms with Crippen molar-refractivity contribution in [2.45, 2.75) is 32.3 Å². The summed E-state index contributed by atoms with van der Waals surface area (Å²) in [6.45, 7) is 3.62. The first-order valence-corrected chi connectivity index (χ1v) is 9.26. The van der Waals surface area contributed by atoms with E-state index in [0.29, 0.717) is 5.69 Å². The standard InChI is InChI=1S/C21H24N4O2/c1-15-5-8-21(23-12-15)27-16-9-11-25(13-16)20-7-6-18(24-19(20)14-26)17-4-2-3-10-22-17/h2-8,10,12,16,21,23,26H,9,11,13-14H2,1H3/t16-,21?/m0/s1. The van der Waals surface area contributed by atoms with E-state index in [0.717, 1.165) is 36.6 Å². The zero-order valence-corrected chi connectivity index (χ0v) is 15.4. The number of hydrogen-bond donors (Lipinski definition) is 2. The Bertz CT molecular complexity index is 851. The van der Waals surface area contributed by atoms with Crippen LogP contribution in [0.25, 0.3) is 11.4 Å². The molecule has 0 bridgehead atoms. The van der Waals surface area contributed by atoms with Crippen LogP contribution in [0.1, 0.15) is 19.0 Å². The number of anilines is 1. The molecule has 1 fully saturated rings. The maximum absolute atomic E-state index is 9.84. The zero-order chi connectivity index (χ0) is 18.6. The fraction of sp³-hybridized carbons (Fsp3) is 0.333. The van der Waals surface area contributed by atoms with Gasteiger partial charge in [0.05, 0.1) is 35.5 Å². The molecule has 27 heavy (non-hydrogen) atoms. The summed E-state index contributed by atoms with van der Waals surface area (Å²) in [5.41, 5.74) is 4.41. The molecule has 4 heterocycles. The lowest BCUT2D eigenvalue weighted by Gasteiger charge is -2.24. The Labute approximate surface area is 159 Å². The van der Waals surface area contributed by atoms with Crippen molar-refractivity contribution in [3.63, 3.8) is 0 Å². The van der Waals surface area contributed by atoms with E-state index in [1.165, 1.54) is 5.57 Å². The number of dihydropyridines is 1. The van der Waals surface area contributed by atoms with Crippen molar-refractivity contribution in [1.29, 1.82) is 0 Å². The molecule has 6 nitrogen and oxygen atoms in total. The van der Waals surface area contributed by atoms with E-state index in [4.69, 9.17) is 4.74 Å². The van der Waals surface area contributed by atoms with Crippen molar-refractivity contribution in [3.05, 3.63) is 66.1 Å². The highest BCUT2D eigenvalue weighted by atomic mass is 16.5. The molecule has 4 rings (SSSR count). The lowest BCUT2D eigenvalue weighted by atomic mass is 10.2. The Balaban J connectivity index is 1.45. The molecule has 2 aromatic rings. The van der Waals surface area contributed by atoms with Crippen molar-refractivity contribution in [3.8, 4) is 11.4 Å². The predicted molar refractivity (Wildman–Crippen MR) is 105 cm³/mol. The maximum Gasteiger partial charge on any atom is 0.147 e. The lowest BCUT2D eigenvalue weighted by molar-refractivity contribution is 0.0149. The molecule has 2 aliphatic heterocycles. The second-order valence-electron chi connectivity index (χ2n) is 6.86. The SMILES string of the molecule is CC1=CNC(O[C@H]2CCN(c3ccc(-c4ccccn4)nc3CO)C2)C=C1. The summed E-state index contributed by atoms with van der Waals surface area (Å²) < 4.78 is 6.14. The van der Waals surface area contributed by atoms with Crippen LogP contribution in [0.4, 0.5) is 5.69 Å². The summed E-state index contributed by atoms with van der Waals surface area (Å²) >= 11 is 0. The summed E-state index contributed by atoms with van der Waals surface area (Å²) in [5.74, 6) is 0. The topological polar surface area (TPSA) is 70.5 Å². The Morgan fingerprint density at radius 1 is 1.26 bits per heavy atom. The summed E-state index contributed by atoms with van der Waals surface area (Å²) in [6, 6.07) is 9.72.